The fourth-order valence-corrected chi connectivity index (χ4v) is 9.02. The van der Waals surface area contributed by atoms with Crippen LogP contribution < -0.4 is 22.8 Å². The Labute approximate surface area is 520 Å². The molecule has 0 fully saturated rings. The zero-order valence-corrected chi connectivity index (χ0v) is 46.8. The quantitative estimate of drug-likeness (QED) is 0.153. The molecule has 5 heteroatoms. The van der Waals surface area contributed by atoms with E-state index in [4.69, 9.17) is 20.6 Å². The van der Waals surface area contributed by atoms with Crippen molar-refractivity contribution in [1.82, 2.24) is 0 Å². The number of hydrogen-bond donors (Lipinski definition) is 0. The molecule has 0 spiro atoms. The van der Waals surface area contributed by atoms with Crippen LogP contribution in [0.3, 0.4) is 0 Å². The lowest BCUT2D eigenvalue weighted by Gasteiger charge is -2.06. The van der Waals surface area contributed by atoms with Crippen LogP contribution in [0.5, 0.6) is 0 Å². The molecule has 0 saturated heterocycles. The molecule has 0 unspecified atom stereocenters. The Morgan fingerprint density at radius 3 is 1.02 bits per heavy atom. The zero-order valence-electron chi connectivity index (χ0n) is 61.8. The van der Waals surface area contributed by atoms with E-state index in [0.717, 1.165) is 61.7 Å². The molecule has 5 heterocycles. The molecule has 10 aromatic rings. The molecule has 0 saturated carbocycles. The molecule has 0 bridgehead atoms. The van der Waals surface area contributed by atoms with Gasteiger partial charge in [-0.2, -0.15) is 0 Å². The van der Waals surface area contributed by atoms with Gasteiger partial charge in [-0.25, -0.2) is 22.8 Å². The summed E-state index contributed by atoms with van der Waals surface area (Å²) in [6, 6.07) is 54.2. The van der Waals surface area contributed by atoms with Gasteiger partial charge in [-0.05, 0) is 170 Å². The van der Waals surface area contributed by atoms with Gasteiger partial charge in [0, 0.05) is 108 Å². The largest absolute Gasteiger partial charge is 0.212 e. The van der Waals surface area contributed by atoms with Crippen molar-refractivity contribution in [1.29, 1.82) is 0 Å². The number of aromatic nitrogens is 5. The normalized spacial score (nSPS) is 13.2. The minimum absolute atomic E-state index is 0. The van der Waals surface area contributed by atoms with Gasteiger partial charge in [-0.3, -0.25) is 0 Å². The van der Waals surface area contributed by atoms with Crippen LogP contribution in [-0.4, -0.2) is 0 Å². The highest BCUT2D eigenvalue weighted by molar-refractivity contribution is 5.64. The second kappa shape index (κ2) is 33.6. The van der Waals surface area contributed by atoms with Crippen LogP contribution in [0, 0.1) is 82.7 Å². The molecule has 0 aliphatic heterocycles. The van der Waals surface area contributed by atoms with Crippen molar-refractivity contribution < 1.29 is 43.4 Å². The molecule has 0 aliphatic carbocycles. The molecule has 82 heavy (non-hydrogen) atoms. The predicted octanol–water partition coefficient (Wildman–Crippen LogP) is 17.8. The van der Waals surface area contributed by atoms with Crippen LogP contribution in [0.4, 0.5) is 0 Å². The highest BCUT2D eigenvalue weighted by atomic mass is 14.9. The highest BCUT2D eigenvalue weighted by Crippen LogP contribution is 2.25. The number of aryl methyl sites for hydroxylation is 17. The second-order valence-electron chi connectivity index (χ2n) is 19.6. The Bertz CT molecular complexity index is 4090. The summed E-state index contributed by atoms with van der Waals surface area (Å²) in [5, 5.41) is 0. The summed E-state index contributed by atoms with van der Waals surface area (Å²) >= 11 is 0. The lowest BCUT2D eigenvalue weighted by atomic mass is 10.0. The Morgan fingerprint density at radius 2 is 0.610 bits per heavy atom. The van der Waals surface area contributed by atoms with E-state index in [1.807, 2.05) is 129 Å². The van der Waals surface area contributed by atoms with Gasteiger partial charge in [0.15, 0.2) is 31.0 Å². The average Bonchev–Trinajstić information content (AvgIpc) is 0.890. The topological polar surface area (TPSA) is 19.4 Å². The van der Waals surface area contributed by atoms with Crippen molar-refractivity contribution >= 4 is 0 Å². The van der Waals surface area contributed by atoms with Crippen LogP contribution in [0.25, 0.3) is 56.3 Å². The summed E-state index contributed by atoms with van der Waals surface area (Å²) in [4.78, 5) is 0. The minimum atomic E-state index is -2.14. The van der Waals surface area contributed by atoms with Gasteiger partial charge in [0.05, 0.1) is 0 Å². The standard InChI is InChI=1S/3C15H18N.C14H16N.C13H14N.5CH4/c1-11-5-7-14(13(3)9-11)15-8-6-12(2)10-16(15)4;1-11-5-6-14(13(3)9-11)15-10-12(2)7-8-16(15)4;1-11-7-5-6-8-14(11)15-9-12(2)13(3)10-16(15)4;1-11-8-9-14(15(3)10-11)13-7-5-4-6-12(13)2;1-11-7-3-4-8-12(11)13-9-5-6-10-14(13)2;;;;;/h3*5-10H,1-4H3;4-10H,1-3H3;3-10H,1-2H3;5*1H4/q5*+1;;;;;/i1D3,2D3;1D3;3D3;1D3;;;;;;. The number of pyridine rings is 5. The van der Waals surface area contributed by atoms with E-state index in [-0.39, 0.29) is 42.7 Å². The first-order valence-corrected chi connectivity index (χ1v) is 25.6. The van der Waals surface area contributed by atoms with Gasteiger partial charge >= 0.3 is 0 Å². The molecule has 0 amide bonds. The van der Waals surface area contributed by atoms with Crippen LogP contribution in [-0.2, 0) is 35.2 Å². The maximum Gasteiger partial charge on any atom is 0.212 e. The number of hydrogen-bond acceptors (Lipinski definition) is 0. The van der Waals surface area contributed by atoms with Crippen molar-refractivity contribution in [3.05, 3.63) is 268 Å². The van der Waals surface area contributed by atoms with Crippen molar-refractivity contribution in [2.75, 3.05) is 0 Å². The van der Waals surface area contributed by atoms with Gasteiger partial charge in [0.2, 0.25) is 28.5 Å². The molecule has 10 rings (SSSR count). The third-order valence-electron chi connectivity index (χ3n) is 13.4. The minimum Gasteiger partial charge on any atom is -0.201 e. The Hall–Kier alpha value is -8.15. The van der Waals surface area contributed by atoms with Crippen LogP contribution in [0.2, 0.25) is 0 Å². The van der Waals surface area contributed by atoms with Gasteiger partial charge in [-0.1, -0.05) is 127 Å². The molecule has 5 nitrogen and oxygen atoms in total. The molecule has 0 N–H and O–H groups in total. The van der Waals surface area contributed by atoms with Crippen molar-refractivity contribution in [2.24, 2.45) is 35.2 Å². The van der Waals surface area contributed by atoms with Gasteiger partial charge in [-0.15, -0.1) is 0 Å². The monoisotopic (exact) mass is 1110 g/mol. The van der Waals surface area contributed by atoms with Crippen molar-refractivity contribution in [3.8, 4) is 56.3 Å². The first-order chi connectivity index (χ1) is 42.8. The lowest BCUT2D eigenvalue weighted by molar-refractivity contribution is -0.660. The SMILES string of the molecule is C.C.C.C.C.Cc1ccccc1-c1cccc[n+]1C.[2H]C([2H])([2H])c1c[n+](C)c(-c2ccccc2C)cc1C.[2H]C([2H])([2H])c1ccc(-c2cc(C)cc[n+]2C)c(C)c1.[2H]C([2H])([2H])c1ccc(-c2ccc(C([2H])([2H])[2H])c[n+]2C)c(C)c1.[2H]C([2H])([2H])c1ccc(-c2ccccc2C)[n+](C)c1. The summed E-state index contributed by atoms with van der Waals surface area (Å²) in [5.74, 6) is 0. The van der Waals surface area contributed by atoms with E-state index < -0.39 is 34.3 Å². The Kier molecular flexibility index (Phi) is 20.3. The fraction of sp³-hybridized carbons (Fsp3) is 0.286. The van der Waals surface area contributed by atoms with Gasteiger partial charge in [0.25, 0.3) is 0 Å². The van der Waals surface area contributed by atoms with Gasteiger partial charge < -0.3 is 0 Å². The molecule has 0 aliphatic rings. The van der Waals surface area contributed by atoms with Crippen LogP contribution in [0.15, 0.2) is 201 Å². The summed E-state index contributed by atoms with van der Waals surface area (Å²) in [6.45, 7) is 3.52. The van der Waals surface area contributed by atoms with E-state index >= 15 is 0 Å². The molecule has 0 atom stereocenters. The van der Waals surface area contributed by atoms with E-state index in [1.54, 1.807) is 78.7 Å². The fourth-order valence-electron chi connectivity index (χ4n) is 9.02. The summed E-state index contributed by atoms with van der Waals surface area (Å²) in [6.07, 6.45) is 9.06. The zero-order chi connectivity index (χ0) is 68.4. The van der Waals surface area contributed by atoms with E-state index in [1.165, 1.54) is 33.5 Å². The Morgan fingerprint density at radius 1 is 0.244 bits per heavy atom. The number of rotatable bonds is 5. The van der Waals surface area contributed by atoms with Crippen molar-refractivity contribution in [2.45, 2.75) is 120 Å². The van der Waals surface area contributed by atoms with E-state index in [0.29, 0.717) is 22.3 Å². The first kappa shape index (κ1) is 49.6. The molecule has 432 valence electrons. The third-order valence-corrected chi connectivity index (χ3v) is 13.4. The maximum absolute atomic E-state index is 7.55. The summed E-state index contributed by atoms with van der Waals surface area (Å²) in [5.41, 5.74) is 20.0. The van der Waals surface area contributed by atoms with E-state index in [9.17, 15) is 0 Å². The van der Waals surface area contributed by atoms with Crippen molar-refractivity contribution in [3.63, 3.8) is 0 Å². The number of benzene rings is 5. The maximum atomic E-state index is 7.55. The molecule has 5 aromatic heterocycles. The molecule has 0 radical (unpaired) electrons. The smallest absolute Gasteiger partial charge is 0.201 e. The van der Waals surface area contributed by atoms with E-state index in [2.05, 4.69) is 99.2 Å². The average molecular weight is 1110 g/mol. The molecule has 5 aromatic carbocycles. The summed E-state index contributed by atoms with van der Waals surface area (Å²) < 4.78 is 122. The summed E-state index contributed by atoms with van der Waals surface area (Å²) in [7, 11) is 9.60. The molecular weight excluding hydrogens is 995 g/mol. The predicted molar refractivity (Wildman–Crippen MR) is 356 cm³/mol. The Balaban J connectivity index is 0.000000602. The lowest BCUT2D eigenvalue weighted by Crippen LogP contribution is -2.31. The molecular formula is C77H104N5+5. The van der Waals surface area contributed by atoms with Crippen LogP contribution >= 0.6 is 0 Å². The van der Waals surface area contributed by atoms with Gasteiger partial charge in [0.1, 0.15) is 35.2 Å². The highest BCUT2D eigenvalue weighted by Gasteiger charge is 2.16. The second-order valence-corrected chi connectivity index (χ2v) is 19.6. The first-order valence-electron chi connectivity index (χ1n) is 33.1. The van der Waals surface area contributed by atoms with Crippen LogP contribution in [0.1, 0.15) is 124 Å². The third kappa shape index (κ3) is 19.3. The number of nitrogens with zero attached hydrogens (tertiary/aromatic N) is 5.